The zero-order valence-corrected chi connectivity index (χ0v) is 15.7. The van der Waals surface area contributed by atoms with Crippen molar-refractivity contribution in [3.63, 3.8) is 0 Å². The largest absolute Gasteiger partial charge is 0.376 e. The molecule has 2 heterocycles. The quantitative estimate of drug-likeness (QED) is 0.780. The van der Waals surface area contributed by atoms with Gasteiger partial charge in [-0.1, -0.05) is 35.9 Å². The monoisotopic (exact) mass is 331 g/mol. The summed E-state index contributed by atoms with van der Waals surface area (Å²) in [5, 5.41) is 0. The lowest BCUT2D eigenvalue weighted by Gasteiger charge is -2.32. The van der Waals surface area contributed by atoms with Crippen molar-refractivity contribution in [2.45, 2.75) is 20.8 Å². The summed E-state index contributed by atoms with van der Waals surface area (Å²) in [6.45, 7) is 7.43. The van der Waals surface area contributed by atoms with Crippen LogP contribution in [0.5, 0.6) is 0 Å². The summed E-state index contributed by atoms with van der Waals surface area (Å²) in [5.41, 5.74) is 10.4. The molecule has 3 heteroatoms. The van der Waals surface area contributed by atoms with E-state index in [4.69, 9.17) is 0 Å². The number of anilines is 3. The van der Waals surface area contributed by atoms with Crippen LogP contribution in [0.3, 0.4) is 0 Å². The van der Waals surface area contributed by atoms with Crippen LogP contribution in [0.15, 0.2) is 48.3 Å². The van der Waals surface area contributed by atoms with Crippen LogP contribution >= 0.6 is 0 Å². The molecule has 0 atom stereocenters. The van der Waals surface area contributed by atoms with Crippen LogP contribution in [-0.4, -0.2) is 20.8 Å². The highest BCUT2D eigenvalue weighted by Crippen LogP contribution is 2.42. The Morgan fingerprint density at radius 3 is 2.32 bits per heavy atom. The van der Waals surface area contributed by atoms with E-state index in [1.165, 1.54) is 45.0 Å². The van der Waals surface area contributed by atoms with Crippen LogP contribution in [0.2, 0.25) is 0 Å². The smallest absolute Gasteiger partial charge is 0.0996 e. The Kier molecular flexibility index (Phi) is 3.60. The fourth-order valence-corrected chi connectivity index (χ4v) is 4.11. The molecule has 0 amide bonds. The number of allylic oxidation sites excluding steroid dienone is 1. The number of benzene rings is 2. The van der Waals surface area contributed by atoms with Crippen molar-refractivity contribution in [1.29, 1.82) is 0 Å². The molecule has 2 aromatic carbocycles. The van der Waals surface area contributed by atoms with Gasteiger partial charge in [0.1, 0.15) is 0 Å². The SMILES string of the molecule is Cc1cc(C)c(N2C=C3C=Cc4cccc(N(C)C)c4N3C2)c(C)c1. The second-order valence-electron chi connectivity index (χ2n) is 7.28. The first-order valence-corrected chi connectivity index (χ1v) is 8.78. The Labute approximate surface area is 150 Å². The van der Waals surface area contributed by atoms with Gasteiger partial charge in [0, 0.05) is 31.5 Å². The first-order chi connectivity index (χ1) is 12.0. The zero-order valence-electron chi connectivity index (χ0n) is 15.7. The average molecular weight is 331 g/mol. The van der Waals surface area contributed by atoms with E-state index in [1.54, 1.807) is 0 Å². The number of fused-ring (bicyclic) bond motifs is 3. The van der Waals surface area contributed by atoms with Gasteiger partial charge in [0.2, 0.25) is 0 Å². The van der Waals surface area contributed by atoms with E-state index in [1.807, 2.05) is 0 Å². The minimum atomic E-state index is 0.849. The van der Waals surface area contributed by atoms with Crippen LogP contribution in [0.1, 0.15) is 22.3 Å². The van der Waals surface area contributed by atoms with Crippen LogP contribution in [-0.2, 0) is 0 Å². The van der Waals surface area contributed by atoms with Crippen LogP contribution in [0.25, 0.3) is 6.08 Å². The van der Waals surface area contributed by atoms with Crippen LogP contribution in [0, 0.1) is 20.8 Å². The standard InChI is InChI=1S/C22H25N3/c1-15-11-16(2)21(17(3)12-15)24-13-19-10-9-18-7-6-8-20(23(4)5)22(18)25(19)14-24/h6-13H,14H2,1-5H3. The summed E-state index contributed by atoms with van der Waals surface area (Å²) >= 11 is 0. The molecule has 0 aliphatic carbocycles. The summed E-state index contributed by atoms with van der Waals surface area (Å²) in [6, 6.07) is 11.1. The maximum atomic E-state index is 2.42. The topological polar surface area (TPSA) is 9.72 Å². The Morgan fingerprint density at radius 1 is 0.920 bits per heavy atom. The molecule has 0 saturated heterocycles. The second kappa shape index (κ2) is 5.69. The van der Waals surface area contributed by atoms with Crippen molar-refractivity contribution in [1.82, 2.24) is 0 Å². The van der Waals surface area contributed by atoms with Gasteiger partial charge in [-0.15, -0.1) is 0 Å². The molecule has 0 bridgehead atoms. The maximum absolute atomic E-state index is 2.42. The van der Waals surface area contributed by atoms with Crippen LogP contribution < -0.4 is 14.7 Å². The molecule has 2 aliphatic heterocycles. The van der Waals surface area contributed by atoms with Crippen LogP contribution in [0.4, 0.5) is 17.1 Å². The number of hydrogen-bond donors (Lipinski definition) is 0. The Bertz CT molecular complexity index is 882. The number of rotatable bonds is 2. The molecule has 4 rings (SSSR count). The minimum Gasteiger partial charge on any atom is -0.376 e. The van der Waals surface area contributed by atoms with Gasteiger partial charge in [-0.05, 0) is 44.0 Å². The lowest BCUT2D eigenvalue weighted by molar-refractivity contribution is 0.942. The number of aryl methyl sites for hydroxylation is 3. The molecular formula is C22H25N3. The predicted octanol–water partition coefficient (Wildman–Crippen LogP) is 4.83. The third-order valence-corrected chi connectivity index (χ3v) is 5.05. The van der Waals surface area contributed by atoms with Gasteiger partial charge >= 0.3 is 0 Å². The Hall–Kier alpha value is -2.68. The first kappa shape index (κ1) is 15.8. The van der Waals surface area contributed by atoms with Crippen molar-refractivity contribution in [3.05, 3.63) is 70.6 Å². The molecule has 3 nitrogen and oxygen atoms in total. The van der Waals surface area contributed by atoms with Gasteiger partial charge in [-0.3, -0.25) is 0 Å². The number of para-hydroxylation sites is 1. The number of nitrogens with zero attached hydrogens (tertiary/aromatic N) is 3. The van der Waals surface area contributed by atoms with Crippen molar-refractivity contribution < 1.29 is 0 Å². The maximum Gasteiger partial charge on any atom is 0.0996 e. The lowest BCUT2D eigenvalue weighted by Crippen LogP contribution is -2.30. The van der Waals surface area contributed by atoms with Gasteiger partial charge in [0.05, 0.1) is 23.7 Å². The average Bonchev–Trinajstić information content (AvgIpc) is 2.96. The highest BCUT2D eigenvalue weighted by atomic mass is 15.4. The molecule has 0 N–H and O–H groups in total. The van der Waals surface area contributed by atoms with E-state index >= 15 is 0 Å². The van der Waals surface area contributed by atoms with E-state index in [-0.39, 0.29) is 0 Å². The van der Waals surface area contributed by atoms with Crippen molar-refractivity contribution >= 4 is 23.1 Å². The van der Waals surface area contributed by atoms with E-state index < -0.39 is 0 Å². The minimum absolute atomic E-state index is 0.849. The molecule has 2 aromatic rings. The van der Waals surface area contributed by atoms with E-state index in [2.05, 4.69) is 98.3 Å². The molecule has 0 unspecified atom stereocenters. The normalized spacial score (nSPS) is 15.2. The third kappa shape index (κ3) is 2.51. The fraction of sp³-hybridized carbons (Fsp3) is 0.273. The van der Waals surface area contributed by atoms with E-state index in [0.717, 1.165) is 6.67 Å². The highest BCUT2D eigenvalue weighted by Gasteiger charge is 2.29. The molecule has 0 fully saturated rings. The molecule has 0 aromatic heterocycles. The summed E-state index contributed by atoms with van der Waals surface area (Å²) in [4.78, 5) is 7.00. The molecule has 128 valence electrons. The summed E-state index contributed by atoms with van der Waals surface area (Å²) in [6.07, 6.45) is 6.72. The van der Waals surface area contributed by atoms with Crippen molar-refractivity contribution in [3.8, 4) is 0 Å². The van der Waals surface area contributed by atoms with Gasteiger partial charge in [-0.25, -0.2) is 0 Å². The van der Waals surface area contributed by atoms with Crippen molar-refractivity contribution in [2.75, 3.05) is 35.5 Å². The van der Waals surface area contributed by atoms with E-state index in [9.17, 15) is 0 Å². The van der Waals surface area contributed by atoms with Gasteiger partial charge < -0.3 is 14.7 Å². The Morgan fingerprint density at radius 2 is 1.64 bits per heavy atom. The van der Waals surface area contributed by atoms with Gasteiger partial charge in [0.25, 0.3) is 0 Å². The summed E-state index contributed by atoms with van der Waals surface area (Å²) in [5.74, 6) is 0. The summed E-state index contributed by atoms with van der Waals surface area (Å²) in [7, 11) is 4.22. The van der Waals surface area contributed by atoms with E-state index in [0.29, 0.717) is 0 Å². The third-order valence-electron chi connectivity index (χ3n) is 5.05. The number of hydrogen-bond acceptors (Lipinski definition) is 3. The second-order valence-corrected chi connectivity index (χ2v) is 7.28. The molecule has 0 saturated carbocycles. The molecule has 2 aliphatic rings. The van der Waals surface area contributed by atoms with Crippen molar-refractivity contribution in [2.24, 2.45) is 0 Å². The molecule has 25 heavy (non-hydrogen) atoms. The first-order valence-electron chi connectivity index (χ1n) is 8.78. The summed E-state index contributed by atoms with van der Waals surface area (Å²) < 4.78 is 0. The fourth-order valence-electron chi connectivity index (χ4n) is 4.11. The van der Waals surface area contributed by atoms with Gasteiger partial charge in [0.15, 0.2) is 0 Å². The molecule has 0 spiro atoms. The lowest BCUT2D eigenvalue weighted by atomic mass is 10.0. The molecule has 0 radical (unpaired) electrons. The van der Waals surface area contributed by atoms with Gasteiger partial charge in [-0.2, -0.15) is 0 Å². The Balaban J connectivity index is 1.78. The zero-order chi connectivity index (χ0) is 17.7. The molecular weight excluding hydrogens is 306 g/mol. The highest BCUT2D eigenvalue weighted by molar-refractivity contribution is 5.88. The predicted molar refractivity (Wildman–Crippen MR) is 108 cm³/mol.